The number of hydrogen-bond donors (Lipinski definition) is 0. The molecule has 9 heteroatoms. The standard InChI is InChI=1S/C15H12N6O2S/c1-22-11-6-4-10(5-7-11)15-18-16-13(23-15)9-21-19-14(17-20-21)12-3-2-8-24-12/h2-8H,9H2,1H3. The lowest BCUT2D eigenvalue weighted by atomic mass is 10.2. The summed E-state index contributed by atoms with van der Waals surface area (Å²) >= 11 is 1.56. The monoisotopic (exact) mass is 340 g/mol. The Kier molecular flexibility index (Phi) is 3.75. The first kappa shape index (κ1) is 14.5. The number of tetrazole rings is 1. The zero-order valence-corrected chi connectivity index (χ0v) is 13.5. The van der Waals surface area contributed by atoms with E-state index in [2.05, 4.69) is 25.6 Å². The predicted octanol–water partition coefficient (Wildman–Crippen LogP) is 2.51. The molecule has 3 heterocycles. The lowest BCUT2D eigenvalue weighted by molar-refractivity contribution is 0.414. The number of nitrogens with zero attached hydrogens (tertiary/aromatic N) is 6. The maximum Gasteiger partial charge on any atom is 0.247 e. The third-order valence-electron chi connectivity index (χ3n) is 3.27. The molecule has 3 aromatic heterocycles. The smallest absolute Gasteiger partial charge is 0.247 e. The van der Waals surface area contributed by atoms with Gasteiger partial charge in [0, 0.05) is 5.56 Å². The van der Waals surface area contributed by atoms with Crippen LogP contribution in [0.15, 0.2) is 46.2 Å². The second-order valence-corrected chi connectivity index (χ2v) is 5.80. The van der Waals surface area contributed by atoms with Crippen LogP contribution in [0.2, 0.25) is 0 Å². The van der Waals surface area contributed by atoms with Crippen molar-refractivity contribution in [2.75, 3.05) is 7.11 Å². The number of hydrogen-bond acceptors (Lipinski definition) is 8. The second-order valence-electron chi connectivity index (χ2n) is 4.85. The quantitative estimate of drug-likeness (QED) is 0.551. The fourth-order valence-corrected chi connectivity index (χ4v) is 2.75. The van der Waals surface area contributed by atoms with Gasteiger partial charge in [-0.3, -0.25) is 0 Å². The molecule has 1 aromatic carbocycles. The van der Waals surface area contributed by atoms with Crippen molar-refractivity contribution in [1.82, 2.24) is 30.4 Å². The van der Waals surface area contributed by atoms with E-state index in [1.54, 1.807) is 18.4 Å². The van der Waals surface area contributed by atoms with Gasteiger partial charge in [-0.25, -0.2) is 0 Å². The van der Waals surface area contributed by atoms with Crippen LogP contribution in [0.25, 0.3) is 22.2 Å². The van der Waals surface area contributed by atoms with Crippen LogP contribution in [-0.4, -0.2) is 37.5 Å². The molecule has 0 saturated heterocycles. The minimum absolute atomic E-state index is 0.265. The van der Waals surface area contributed by atoms with Crippen LogP contribution in [0.5, 0.6) is 5.75 Å². The molecular weight excluding hydrogens is 328 g/mol. The summed E-state index contributed by atoms with van der Waals surface area (Å²) < 4.78 is 10.8. The molecule has 0 aliphatic carbocycles. The summed E-state index contributed by atoms with van der Waals surface area (Å²) in [5.74, 6) is 2.20. The number of methoxy groups -OCH3 is 1. The molecular formula is C15H12N6O2S. The van der Waals surface area contributed by atoms with E-state index in [0.717, 1.165) is 16.2 Å². The number of ether oxygens (including phenoxy) is 1. The Balaban J connectivity index is 1.50. The molecule has 0 spiro atoms. The molecule has 8 nitrogen and oxygen atoms in total. The summed E-state index contributed by atoms with van der Waals surface area (Å²) in [6, 6.07) is 11.3. The molecule has 0 amide bonds. The van der Waals surface area contributed by atoms with Gasteiger partial charge in [-0.1, -0.05) is 6.07 Å². The minimum Gasteiger partial charge on any atom is -0.497 e. The topological polar surface area (TPSA) is 91.8 Å². The zero-order valence-electron chi connectivity index (χ0n) is 12.7. The van der Waals surface area contributed by atoms with E-state index in [1.807, 2.05) is 41.8 Å². The Bertz CT molecular complexity index is 929. The van der Waals surface area contributed by atoms with Crippen LogP contribution < -0.4 is 4.74 Å². The van der Waals surface area contributed by atoms with Crippen molar-refractivity contribution in [3.05, 3.63) is 47.7 Å². The fraction of sp³-hybridized carbons (Fsp3) is 0.133. The molecule has 4 aromatic rings. The molecule has 0 aliphatic heterocycles. The third-order valence-corrected chi connectivity index (χ3v) is 4.14. The summed E-state index contributed by atoms with van der Waals surface area (Å²) in [6.07, 6.45) is 0. The molecule has 0 bridgehead atoms. The van der Waals surface area contributed by atoms with Gasteiger partial charge >= 0.3 is 0 Å². The summed E-state index contributed by atoms with van der Waals surface area (Å²) in [7, 11) is 1.62. The first-order valence-corrected chi connectivity index (χ1v) is 7.98. The van der Waals surface area contributed by atoms with Gasteiger partial charge in [-0.05, 0) is 40.9 Å². The first-order chi connectivity index (χ1) is 11.8. The highest BCUT2D eigenvalue weighted by atomic mass is 32.1. The van der Waals surface area contributed by atoms with E-state index in [4.69, 9.17) is 9.15 Å². The van der Waals surface area contributed by atoms with E-state index in [1.165, 1.54) is 4.80 Å². The Morgan fingerprint density at radius 3 is 2.75 bits per heavy atom. The molecule has 4 rings (SSSR count). The van der Waals surface area contributed by atoms with Crippen LogP contribution in [0.3, 0.4) is 0 Å². The van der Waals surface area contributed by atoms with Gasteiger partial charge < -0.3 is 9.15 Å². The van der Waals surface area contributed by atoms with Crippen molar-refractivity contribution in [3.63, 3.8) is 0 Å². The molecule has 120 valence electrons. The van der Waals surface area contributed by atoms with Gasteiger partial charge in [0.05, 0.1) is 12.0 Å². The summed E-state index contributed by atoms with van der Waals surface area (Å²) in [6.45, 7) is 0.265. The second kappa shape index (κ2) is 6.20. The highest BCUT2D eigenvalue weighted by molar-refractivity contribution is 7.13. The molecule has 0 fully saturated rings. The highest BCUT2D eigenvalue weighted by Gasteiger charge is 2.12. The molecule has 0 radical (unpaired) electrons. The maximum absolute atomic E-state index is 5.66. The molecule has 0 N–H and O–H groups in total. The van der Waals surface area contributed by atoms with Gasteiger partial charge in [0.1, 0.15) is 12.3 Å². The first-order valence-electron chi connectivity index (χ1n) is 7.10. The van der Waals surface area contributed by atoms with E-state index in [9.17, 15) is 0 Å². The molecule has 0 unspecified atom stereocenters. The zero-order chi connectivity index (χ0) is 16.4. The van der Waals surface area contributed by atoms with Gasteiger partial charge in [0.25, 0.3) is 0 Å². The highest BCUT2D eigenvalue weighted by Crippen LogP contribution is 2.22. The Labute approximate surface area is 140 Å². The summed E-state index contributed by atoms with van der Waals surface area (Å²) in [5, 5.41) is 22.4. The fourth-order valence-electron chi connectivity index (χ4n) is 2.10. The lowest BCUT2D eigenvalue weighted by Crippen LogP contribution is -2.04. The number of rotatable bonds is 5. The molecule has 0 atom stereocenters. The van der Waals surface area contributed by atoms with Gasteiger partial charge in [0.15, 0.2) is 0 Å². The van der Waals surface area contributed by atoms with Crippen molar-refractivity contribution >= 4 is 11.3 Å². The minimum atomic E-state index is 0.265. The van der Waals surface area contributed by atoms with Crippen molar-refractivity contribution < 1.29 is 9.15 Å². The lowest BCUT2D eigenvalue weighted by Gasteiger charge is -1.99. The predicted molar refractivity (Wildman–Crippen MR) is 86.5 cm³/mol. The van der Waals surface area contributed by atoms with Crippen LogP contribution in [0.4, 0.5) is 0 Å². The van der Waals surface area contributed by atoms with Gasteiger partial charge in [-0.15, -0.1) is 31.7 Å². The van der Waals surface area contributed by atoms with Gasteiger partial charge in [0.2, 0.25) is 17.6 Å². The molecule has 0 saturated carbocycles. The van der Waals surface area contributed by atoms with Crippen molar-refractivity contribution in [3.8, 4) is 27.9 Å². The van der Waals surface area contributed by atoms with Crippen LogP contribution >= 0.6 is 11.3 Å². The SMILES string of the molecule is COc1ccc(-c2nnc(Cn3nnc(-c4cccs4)n3)o2)cc1. The van der Waals surface area contributed by atoms with Crippen LogP contribution in [0.1, 0.15) is 5.89 Å². The largest absolute Gasteiger partial charge is 0.497 e. The van der Waals surface area contributed by atoms with E-state index >= 15 is 0 Å². The Morgan fingerprint density at radius 2 is 2.00 bits per heavy atom. The van der Waals surface area contributed by atoms with Crippen LogP contribution in [-0.2, 0) is 6.54 Å². The summed E-state index contributed by atoms with van der Waals surface area (Å²) in [4.78, 5) is 2.39. The average Bonchev–Trinajstić information content (AvgIpc) is 3.37. The van der Waals surface area contributed by atoms with Gasteiger partial charge in [-0.2, -0.15) is 4.80 Å². The van der Waals surface area contributed by atoms with E-state index in [0.29, 0.717) is 17.6 Å². The number of benzene rings is 1. The van der Waals surface area contributed by atoms with E-state index in [-0.39, 0.29) is 6.54 Å². The Morgan fingerprint density at radius 1 is 1.12 bits per heavy atom. The van der Waals surface area contributed by atoms with Crippen LogP contribution in [0, 0.1) is 0 Å². The number of thiophene rings is 1. The number of aromatic nitrogens is 6. The average molecular weight is 340 g/mol. The van der Waals surface area contributed by atoms with E-state index < -0.39 is 0 Å². The molecule has 24 heavy (non-hydrogen) atoms. The normalized spacial score (nSPS) is 10.9. The van der Waals surface area contributed by atoms with Crippen molar-refractivity contribution in [2.45, 2.75) is 6.54 Å². The Hall–Kier alpha value is -3.07. The maximum atomic E-state index is 5.66. The third kappa shape index (κ3) is 2.88. The van der Waals surface area contributed by atoms with Crippen molar-refractivity contribution in [2.24, 2.45) is 0 Å². The molecule has 0 aliphatic rings. The van der Waals surface area contributed by atoms with Crippen molar-refractivity contribution in [1.29, 1.82) is 0 Å². The summed E-state index contributed by atoms with van der Waals surface area (Å²) in [5.41, 5.74) is 0.820.